The molecule has 0 aliphatic carbocycles. The van der Waals surface area contributed by atoms with Crippen LogP contribution in [-0.2, 0) is 4.74 Å². The highest BCUT2D eigenvalue weighted by Crippen LogP contribution is 2.28. The van der Waals surface area contributed by atoms with Crippen molar-refractivity contribution in [3.8, 4) is 0 Å². The fourth-order valence-corrected chi connectivity index (χ4v) is 2.45. The maximum Gasteiger partial charge on any atom is 0.148 e. The molecule has 2 N–H and O–H groups in total. The molecule has 1 atom stereocenters. The van der Waals surface area contributed by atoms with E-state index in [9.17, 15) is 0 Å². The Labute approximate surface area is 110 Å². The second-order valence-corrected chi connectivity index (χ2v) is 4.86. The Balaban J connectivity index is 2.13. The summed E-state index contributed by atoms with van der Waals surface area (Å²) in [6.45, 7) is 4.69. The summed E-state index contributed by atoms with van der Waals surface area (Å²) < 4.78 is 6.41. The number of rotatable bonds is 4. The van der Waals surface area contributed by atoms with Crippen molar-refractivity contribution in [3.05, 3.63) is 10.8 Å². The van der Waals surface area contributed by atoms with Crippen LogP contribution in [0.25, 0.3) is 0 Å². The Morgan fingerprint density at radius 3 is 3.06 bits per heavy atom. The highest BCUT2D eigenvalue weighted by atomic mass is 79.9. The average Bonchev–Trinajstić information content (AvgIpc) is 2.83. The van der Waals surface area contributed by atoms with Crippen LogP contribution in [0.2, 0.25) is 0 Å². The average molecular weight is 301 g/mol. The van der Waals surface area contributed by atoms with Crippen molar-refractivity contribution in [1.82, 2.24) is 9.97 Å². The Hall–Kier alpha value is -0.880. The summed E-state index contributed by atoms with van der Waals surface area (Å²) in [5, 5.41) is 0. The lowest BCUT2D eigenvalue weighted by atomic mass is 10.2. The number of aromatic nitrogens is 2. The molecule has 1 aromatic heterocycles. The number of nitrogens with zero attached hydrogens (tertiary/aromatic N) is 3. The molecular formula is C11H17BrN4O. The number of hydrogen-bond acceptors (Lipinski definition) is 5. The largest absolute Gasteiger partial charge is 0.383 e. The molecule has 5 nitrogen and oxygen atoms in total. The van der Waals surface area contributed by atoms with Gasteiger partial charge < -0.3 is 15.4 Å². The molecule has 1 unspecified atom stereocenters. The number of anilines is 2. The Morgan fingerprint density at radius 2 is 2.41 bits per heavy atom. The summed E-state index contributed by atoms with van der Waals surface area (Å²) in [6.07, 6.45) is 4.07. The molecule has 0 aromatic carbocycles. The molecule has 1 aliphatic rings. The van der Waals surface area contributed by atoms with E-state index in [0.717, 1.165) is 42.8 Å². The predicted octanol–water partition coefficient (Wildman–Crippen LogP) is 1.83. The summed E-state index contributed by atoms with van der Waals surface area (Å²) in [4.78, 5) is 10.4. The molecule has 0 amide bonds. The minimum Gasteiger partial charge on any atom is -0.383 e. The monoisotopic (exact) mass is 300 g/mol. The first-order chi connectivity index (χ1) is 8.22. The van der Waals surface area contributed by atoms with Crippen LogP contribution in [0.1, 0.15) is 19.8 Å². The summed E-state index contributed by atoms with van der Waals surface area (Å²) in [7, 11) is 0. The zero-order chi connectivity index (χ0) is 12.3. The van der Waals surface area contributed by atoms with E-state index in [1.165, 1.54) is 6.33 Å². The van der Waals surface area contributed by atoms with Crippen molar-refractivity contribution in [3.63, 3.8) is 0 Å². The molecule has 0 bridgehead atoms. The molecule has 0 radical (unpaired) electrons. The topological polar surface area (TPSA) is 64.3 Å². The van der Waals surface area contributed by atoms with E-state index in [2.05, 4.69) is 37.7 Å². The summed E-state index contributed by atoms with van der Waals surface area (Å²) >= 11 is 3.44. The molecule has 0 saturated carbocycles. The minimum absolute atomic E-state index is 0.304. The molecular weight excluding hydrogens is 284 g/mol. The standard InChI is InChI=1S/C11H17BrN4O/c1-2-16(6-8-4-3-5-17-8)11-9(12)10(13)14-7-15-11/h7-8H,2-6H2,1H3,(H2,13,14,15). The van der Waals surface area contributed by atoms with Crippen LogP contribution < -0.4 is 10.6 Å². The van der Waals surface area contributed by atoms with Crippen molar-refractivity contribution in [2.24, 2.45) is 0 Å². The van der Waals surface area contributed by atoms with Gasteiger partial charge >= 0.3 is 0 Å². The van der Waals surface area contributed by atoms with Crippen molar-refractivity contribution >= 4 is 27.6 Å². The van der Waals surface area contributed by atoms with E-state index in [1.54, 1.807) is 0 Å². The van der Waals surface area contributed by atoms with Gasteiger partial charge in [0.2, 0.25) is 0 Å². The second-order valence-electron chi connectivity index (χ2n) is 4.07. The van der Waals surface area contributed by atoms with Gasteiger partial charge in [-0.25, -0.2) is 9.97 Å². The maximum absolute atomic E-state index is 5.77. The van der Waals surface area contributed by atoms with E-state index < -0.39 is 0 Å². The van der Waals surface area contributed by atoms with Gasteiger partial charge in [0.15, 0.2) is 0 Å². The molecule has 1 aliphatic heterocycles. The third-order valence-corrected chi connectivity index (χ3v) is 3.69. The normalized spacial score (nSPS) is 19.5. The highest BCUT2D eigenvalue weighted by molar-refractivity contribution is 9.10. The van der Waals surface area contributed by atoms with Gasteiger partial charge in [-0.3, -0.25) is 0 Å². The first-order valence-electron chi connectivity index (χ1n) is 5.85. The van der Waals surface area contributed by atoms with Gasteiger partial charge in [0.05, 0.1) is 6.10 Å². The van der Waals surface area contributed by atoms with Crippen molar-refractivity contribution in [2.75, 3.05) is 30.3 Å². The van der Waals surface area contributed by atoms with Gasteiger partial charge in [-0.05, 0) is 35.7 Å². The lowest BCUT2D eigenvalue weighted by Gasteiger charge is -2.25. The van der Waals surface area contributed by atoms with Crippen LogP contribution in [0.4, 0.5) is 11.6 Å². The van der Waals surface area contributed by atoms with Crippen LogP contribution in [0.5, 0.6) is 0 Å². The highest BCUT2D eigenvalue weighted by Gasteiger charge is 2.21. The Morgan fingerprint density at radius 1 is 1.59 bits per heavy atom. The molecule has 1 fully saturated rings. The SMILES string of the molecule is CCN(CC1CCCO1)c1ncnc(N)c1Br. The number of likely N-dealkylation sites (N-methyl/N-ethyl adjacent to an activating group) is 1. The molecule has 1 aromatic rings. The first kappa shape index (κ1) is 12.6. The predicted molar refractivity (Wildman–Crippen MR) is 71.0 cm³/mol. The van der Waals surface area contributed by atoms with E-state index in [4.69, 9.17) is 10.5 Å². The van der Waals surface area contributed by atoms with Gasteiger partial charge in [0.1, 0.15) is 22.4 Å². The smallest absolute Gasteiger partial charge is 0.148 e. The lowest BCUT2D eigenvalue weighted by molar-refractivity contribution is 0.115. The first-order valence-corrected chi connectivity index (χ1v) is 6.64. The van der Waals surface area contributed by atoms with Crippen molar-refractivity contribution < 1.29 is 4.74 Å². The number of halogens is 1. The Kier molecular flexibility index (Phi) is 4.17. The van der Waals surface area contributed by atoms with Crippen LogP contribution in [0, 0.1) is 0 Å². The van der Waals surface area contributed by atoms with Gasteiger partial charge in [0, 0.05) is 19.7 Å². The molecule has 1 saturated heterocycles. The fourth-order valence-electron chi connectivity index (χ4n) is 1.99. The molecule has 6 heteroatoms. The van der Waals surface area contributed by atoms with Gasteiger partial charge in [0.25, 0.3) is 0 Å². The second kappa shape index (κ2) is 5.64. The van der Waals surface area contributed by atoms with Crippen LogP contribution in [-0.4, -0.2) is 35.8 Å². The van der Waals surface area contributed by atoms with Crippen LogP contribution in [0.15, 0.2) is 10.8 Å². The molecule has 94 valence electrons. The number of hydrogen-bond donors (Lipinski definition) is 1. The van der Waals surface area contributed by atoms with E-state index in [0.29, 0.717) is 11.9 Å². The Bertz CT molecular complexity index is 382. The van der Waals surface area contributed by atoms with Gasteiger partial charge in [-0.2, -0.15) is 0 Å². The number of nitrogens with two attached hydrogens (primary N) is 1. The minimum atomic E-state index is 0.304. The number of nitrogen functional groups attached to an aromatic ring is 1. The summed E-state index contributed by atoms with van der Waals surface area (Å²) in [5.74, 6) is 1.32. The third-order valence-electron chi connectivity index (χ3n) is 2.93. The molecule has 2 rings (SSSR count). The molecule has 17 heavy (non-hydrogen) atoms. The van der Waals surface area contributed by atoms with Gasteiger partial charge in [-0.15, -0.1) is 0 Å². The van der Waals surface area contributed by atoms with Crippen molar-refractivity contribution in [2.45, 2.75) is 25.9 Å². The summed E-state index contributed by atoms with van der Waals surface area (Å²) in [5.41, 5.74) is 5.77. The zero-order valence-electron chi connectivity index (χ0n) is 9.90. The van der Waals surface area contributed by atoms with E-state index in [1.807, 2.05) is 0 Å². The molecule has 0 spiro atoms. The van der Waals surface area contributed by atoms with Crippen LogP contribution >= 0.6 is 15.9 Å². The maximum atomic E-state index is 5.77. The van der Waals surface area contributed by atoms with Crippen LogP contribution in [0.3, 0.4) is 0 Å². The molecule has 2 heterocycles. The number of ether oxygens (including phenoxy) is 1. The summed E-state index contributed by atoms with van der Waals surface area (Å²) in [6, 6.07) is 0. The van der Waals surface area contributed by atoms with Gasteiger partial charge in [-0.1, -0.05) is 0 Å². The van der Waals surface area contributed by atoms with E-state index in [-0.39, 0.29) is 0 Å². The van der Waals surface area contributed by atoms with E-state index >= 15 is 0 Å². The zero-order valence-corrected chi connectivity index (χ0v) is 11.5. The lowest BCUT2D eigenvalue weighted by Crippen LogP contribution is -2.33. The quantitative estimate of drug-likeness (QED) is 0.919. The van der Waals surface area contributed by atoms with Crippen molar-refractivity contribution in [1.29, 1.82) is 0 Å². The third kappa shape index (κ3) is 2.87. The fraction of sp³-hybridized carbons (Fsp3) is 0.636.